The van der Waals surface area contributed by atoms with Crippen molar-refractivity contribution in [2.24, 2.45) is 0 Å². The normalized spacial score (nSPS) is 11.1. The molecule has 0 spiro atoms. The average Bonchev–Trinajstić information content (AvgIpc) is 2.91. The molecule has 102 valence electrons. The van der Waals surface area contributed by atoms with Crippen molar-refractivity contribution in [2.75, 3.05) is 0 Å². The lowest BCUT2D eigenvalue weighted by Crippen LogP contribution is -2.09. The fourth-order valence-electron chi connectivity index (χ4n) is 2.24. The van der Waals surface area contributed by atoms with Gasteiger partial charge in [-0.15, -0.1) is 11.3 Å². The van der Waals surface area contributed by atoms with Crippen LogP contribution in [0.2, 0.25) is 0 Å². The van der Waals surface area contributed by atoms with Crippen LogP contribution in [-0.2, 0) is 11.3 Å². The Morgan fingerprint density at radius 1 is 1.35 bits per heavy atom. The maximum absolute atomic E-state index is 11.1. The molecule has 0 atom stereocenters. The number of thiophene rings is 1. The van der Waals surface area contributed by atoms with Gasteiger partial charge >= 0.3 is 5.97 Å². The summed E-state index contributed by atoms with van der Waals surface area (Å²) >= 11 is 1.65. The molecular formula is C15H14N2O2S. The van der Waals surface area contributed by atoms with Crippen molar-refractivity contribution in [2.45, 2.75) is 20.4 Å². The maximum atomic E-state index is 11.1. The second kappa shape index (κ2) is 4.76. The zero-order valence-electron chi connectivity index (χ0n) is 11.3. The summed E-state index contributed by atoms with van der Waals surface area (Å²) in [5.41, 5.74) is 2.89. The molecule has 0 amide bonds. The lowest BCUT2D eigenvalue weighted by Gasteiger charge is -2.04. The average molecular weight is 286 g/mol. The topological polar surface area (TPSA) is 55.1 Å². The summed E-state index contributed by atoms with van der Waals surface area (Å²) in [6.07, 6.45) is 0. The zero-order valence-corrected chi connectivity index (χ0v) is 12.1. The summed E-state index contributed by atoms with van der Waals surface area (Å²) in [5, 5.41) is 9.13. The van der Waals surface area contributed by atoms with Crippen LogP contribution in [0, 0.1) is 13.8 Å². The highest BCUT2D eigenvalue weighted by Gasteiger charge is 2.16. The highest BCUT2D eigenvalue weighted by atomic mass is 32.1. The summed E-state index contributed by atoms with van der Waals surface area (Å²) in [7, 11) is 0. The number of rotatable bonds is 3. The van der Waals surface area contributed by atoms with Gasteiger partial charge in [0.1, 0.15) is 6.54 Å². The van der Waals surface area contributed by atoms with Crippen LogP contribution in [0.4, 0.5) is 0 Å². The number of hydrogen-bond donors (Lipinski definition) is 1. The van der Waals surface area contributed by atoms with Crippen molar-refractivity contribution in [3.8, 4) is 10.7 Å². The smallest absolute Gasteiger partial charge is 0.323 e. The summed E-state index contributed by atoms with van der Waals surface area (Å²) in [6.45, 7) is 4.04. The Hall–Kier alpha value is -2.14. The Bertz CT molecular complexity index is 782. The number of para-hydroxylation sites is 2. The molecule has 3 rings (SSSR count). The zero-order chi connectivity index (χ0) is 14.3. The van der Waals surface area contributed by atoms with Crippen LogP contribution in [0.3, 0.4) is 0 Å². The Morgan fingerprint density at radius 2 is 2.10 bits per heavy atom. The fraction of sp³-hybridized carbons (Fsp3) is 0.200. The lowest BCUT2D eigenvalue weighted by molar-refractivity contribution is -0.137. The van der Waals surface area contributed by atoms with Crippen LogP contribution in [0.1, 0.15) is 10.4 Å². The van der Waals surface area contributed by atoms with Crippen LogP contribution in [0.5, 0.6) is 0 Å². The first-order valence-electron chi connectivity index (χ1n) is 6.30. The van der Waals surface area contributed by atoms with Crippen molar-refractivity contribution < 1.29 is 9.90 Å². The molecule has 0 unspecified atom stereocenters. The van der Waals surface area contributed by atoms with E-state index in [-0.39, 0.29) is 6.54 Å². The molecule has 0 aliphatic heterocycles. The van der Waals surface area contributed by atoms with Crippen molar-refractivity contribution in [1.29, 1.82) is 0 Å². The number of imidazole rings is 1. The number of carbonyl (C=O) groups is 1. The van der Waals surface area contributed by atoms with Crippen molar-refractivity contribution in [3.63, 3.8) is 0 Å². The van der Waals surface area contributed by atoms with Crippen molar-refractivity contribution in [1.82, 2.24) is 9.55 Å². The van der Waals surface area contributed by atoms with Gasteiger partial charge in [0.25, 0.3) is 0 Å². The van der Waals surface area contributed by atoms with E-state index in [1.165, 1.54) is 10.4 Å². The Labute approximate surface area is 120 Å². The predicted molar refractivity (Wildman–Crippen MR) is 80.2 cm³/mol. The number of carboxylic acid groups (broad SMARTS) is 1. The van der Waals surface area contributed by atoms with E-state index in [0.29, 0.717) is 0 Å². The molecule has 3 aromatic rings. The first kappa shape index (κ1) is 12.9. The molecule has 5 heteroatoms. The monoisotopic (exact) mass is 286 g/mol. The first-order valence-corrected chi connectivity index (χ1v) is 7.12. The largest absolute Gasteiger partial charge is 0.480 e. The molecule has 1 N–H and O–H groups in total. The van der Waals surface area contributed by atoms with E-state index >= 15 is 0 Å². The van der Waals surface area contributed by atoms with Crippen molar-refractivity contribution >= 4 is 28.3 Å². The standard InChI is InChI=1S/C15H14N2O2S/c1-9-7-13(20-10(9)2)15-16-11-5-3-4-6-12(11)17(15)8-14(18)19/h3-7H,8H2,1-2H3,(H,18,19). The van der Waals surface area contributed by atoms with E-state index in [1.807, 2.05) is 24.3 Å². The van der Waals surface area contributed by atoms with E-state index in [0.717, 1.165) is 21.7 Å². The van der Waals surface area contributed by atoms with Gasteiger partial charge < -0.3 is 9.67 Å². The minimum atomic E-state index is -0.862. The molecule has 0 aliphatic rings. The third kappa shape index (κ3) is 2.10. The van der Waals surface area contributed by atoms with Gasteiger partial charge in [0.15, 0.2) is 5.82 Å². The SMILES string of the molecule is Cc1cc(-c2nc3ccccc3n2CC(=O)O)sc1C. The minimum absolute atomic E-state index is 0.0775. The molecule has 4 nitrogen and oxygen atoms in total. The number of fused-ring (bicyclic) bond motifs is 1. The number of benzene rings is 1. The second-order valence-electron chi connectivity index (χ2n) is 4.75. The number of aromatic nitrogens is 2. The fourth-order valence-corrected chi connectivity index (χ4v) is 3.27. The molecular weight excluding hydrogens is 272 g/mol. The van der Waals surface area contributed by atoms with Gasteiger partial charge in [-0.25, -0.2) is 4.98 Å². The van der Waals surface area contributed by atoms with Crippen LogP contribution < -0.4 is 0 Å². The number of carboxylic acids is 1. The molecule has 0 saturated carbocycles. The lowest BCUT2D eigenvalue weighted by atomic mass is 10.3. The van der Waals surface area contributed by atoms with Crippen LogP contribution >= 0.6 is 11.3 Å². The van der Waals surface area contributed by atoms with Gasteiger partial charge in [0, 0.05) is 4.88 Å². The molecule has 20 heavy (non-hydrogen) atoms. The van der Waals surface area contributed by atoms with E-state index in [2.05, 4.69) is 24.9 Å². The van der Waals surface area contributed by atoms with Gasteiger partial charge in [-0.2, -0.15) is 0 Å². The molecule has 0 aliphatic carbocycles. The van der Waals surface area contributed by atoms with E-state index < -0.39 is 5.97 Å². The van der Waals surface area contributed by atoms with Crippen LogP contribution in [0.15, 0.2) is 30.3 Å². The highest BCUT2D eigenvalue weighted by Crippen LogP contribution is 2.32. The Balaban J connectivity index is 2.25. The Kier molecular flexibility index (Phi) is 3.06. The number of hydrogen-bond acceptors (Lipinski definition) is 3. The number of aryl methyl sites for hydroxylation is 2. The quantitative estimate of drug-likeness (QED) is 0.802. The molecule has 0 fully saturated rings. The van der Waals surface area contributed by atoms with Crippen LogP contribution in [0.25, 0.3) is 21.7 Å². The third-order valence-corrected chi connectivity index (χ3v) is 4.48. The summed E-state index contributed by atoms with van der Waals surface area (Å²) in [5.74, 6) is -0.130. The summed E-state index contributed by atoms with van der Waals surface area (Å²) in [4.78, 5) is 18.0. The minimum Gasteiger partial charge on any atom is -0.480 e. The summed E-state index contributed by atoms with van der Waals surface area (Å²) < 4.78 is 1.77. The predicted octanol–water partition coefficient (Wildman–Crippen LogP) is 3.47. The van der Waals surface area contributed by atoms with Gasteiger partial charge in [-0.1, -0.05) is 12.1 Å². The van der Waals surface area contributed by atoms with Gasteiger partial charge in [-0.05, 0) is 37.6 Å². The first-order chi connectivity index (χ1) is 9.56. The summed E-state index contributed by atoms with van der Waals surface area (Å²) in [6, 6.07) is 9.69. The van der Waals surface area contributed by atoms with E-state index in [4.69, 9.17) is 5.11 Å². The van der Waals surface area contributed by atoms with Gasteiger partial charge in [0.2, 0.25) is 0 Å². The second-order valence-corrected chi connectivity index (χ2v) is 6.01. The maximum Gasteiger partial charge on any atom is 0.323 e. The third-order valence-electron chi connectivity index (χ3n) is 3.33. The van der Waals surface area contributed by atoms with E-state index in [1.54, 1.807) is 15.9 Å². The van der Waals surface area contributed by atoms with E-state index in [9.17, 15) is 4.79 Å². The van der Waals surface area contributed by atoms with Crippen LogP contribution in [-0.4, -0.2) is 20.6 Å². The van der Waals surface area contributed by atoms with Gasteiger partial charge in [0.05, 0.1) is 15.9 Å². The molecule has 2 aromatic heterocycles. The van der Waals surface area contributed by atoms with Gasteiger partial charge in [-0.3, -0.25) is 4.79 Å². The van der Waals surface area contributed by atoms with Crippen molar-refractivity contribution in [3.05, 3.63) is 40.8 Å². The Morgan fingerprint density at radius 3 is 2.75 bits per heavy atom. The molecule has 1 aromatic carbocycles. The molecule has 2 heterocycles. The molecule has 0 saturated heterocycles. The molecule has 0 radical (unpaired) electrons. The molecule has 0 bridgehead atoms. The highest BCUT2D eigenvalue weighted by molar-refractivity contribution is 7.15. The number of nitrogens with zero attached hydrogens (tertiary/aromatic N) is 2. The number of aliphatic carboxylic acids is 1.